The molecule has 1 fully saturated rings. The molecule has 68 valence electrons. The van der Waals surface area contributed by atoms with Crippen LogP contribution in [0.2, 0.25) is 0 Å². The zero-order valence-electron chi connectivity index (χ0n) is 8.08. The lowest BCUT2D eigenvalue weighted by atomic mass is 9.94. The van der Waals surface area contributed by atoms with E-state index in [4.69, 9.17) is 0 Å². The number of carbonyl (C=O) groups is 1. The van der Waals surface area contributed by atoms with Gasteiger partial charge in [-0.15, -0.1) is 0 Å². The van der Waals surface area contributed by atoms with Crippen molar-refractivity contribution in [2.45, 2.75) is 25.7 Å². The van der Waals surface area contributed by atoms with Crippen molar-refractivity contribution >= 4 is 6.29 Å². The van der Waals surface area contributed by atoms with E-state index in [-0.39, 0.29) is 11.3 Å². The maximum Gasteiger partial charge on any atom is 0.123 e. The van der Waals surface area contributed by atoms with Gasteiger partial charge in [-0.3, -0.25) is 0 Å². The third kappa shape index (κ3) is 1.28. The predicted molar refractivity (Wildman–Crippen MR) is 52.7 cm³/mol. The summed E-state index contributed by atoms with van der Waals surface area (Å²) in [5.74, 6) is 0.245. The topological polar surface area (TPSA) is 17.1 Å². The highest BCUT2D eigenvalue weighted by Crippen LogP contribution is 2.52. The summed E-state index contributed by atoms with van der Waals surface area (Å²) >= 11 is 0. The molecule has 1 aromatic rings. The highest BCUT2D eigenvalue weighted by molar-refractivity contribution is 5.64. The molecule has 2 atom stereocenters. The Morgan fingerprint density at radius 3 is 2.85 bits per heavy atom. The van der Waals surface area contributed by atoms with Gasteiger partial charge >= 0.3 is 0 Å². The smallest absolute Gasteiger partial charge is 0.123 e. The van der Waals surface area contributed by atoms with Gasteiger partial charge in [0.1, 0.15) is 6.29 Å². The number of hydrogen-bond acceptors (Lipinski definition) is 1. The van der Waals surface area contributed by atoms with Gasteiger partial charge in [0.25, 0.3) is 0 Å². The van der Waals surface area contributed by atoms with E-state index >= 15 is 0 Å². The van der Waals surface area contributed by atoms with Gasteiger partial charge < -0.3 is 4.79 Å². The first kappa shape index (κ1) is 8.49. The first-order valence-corrected chi connectivity index (χ1v) is 4.69. The lowest BCUT2D eigenvalue weighted by Gasteiger charge is -2.10. The quantitative estimate of drug-likeness (QED) is 0.629. The molecule has 0 radical (unpaired) electrons. The Morgan fingerprint density at radius 1 is 1.54 bits per heavy atom. The summed E-state index contributed by atoms with van der Waals surface area (Å²) in [5.41, 5.74) is 2.72. The molecule has 0 aromatic heterocycles. The fourth-order valence-electron chi connectivity index (χ4n) is 1.93. The van der Waals surface area contributed by atoms with E-state index in [1.165, 1.54) is 11.1 Å². The van der Waals surface area contributed by atoms with E-state index < -0.39 is 0 Å². The Labute approximate surface area is 78.8 Å². The summed E-state index contributed by atoms with van der Waals surface area (Å²) in [5, 5.41) is 0. The molecule has 1 aromatic carbocycles. The first-order chi connectivity index (χ1) is 6.16. The molecule has 0 N–H and O–H groups in total. The first-order valence-electron chi connectivity index (χ1n) is 4.69. The number of carbonyl (C=O) groups excluding carboxylic acids is 1. The van der Waals surface area contributed by atoms with E-state index in [1.807, 2.05) is 0 Å². The van der Waals surface area contributed by atoms with Crippen LogP contribution in [0, 0.1) is 12.8 Å². The van der Waals surface area contributed by atoms with Crippen LogP contribution in [0.1, 0.15) is 24.5 Å². The van der Waals surface area contributed by atoms with E-state index in [0.717, 1.165) is 12.7 Å². The molecule has 13 heavy (non-hydrogen) atoms. The maximum atomic E-state index is 10.6. The molecule has 1 heteroatoms. The second kappa shape index (κ2) is 2.69. The Balaban J connectivity index is 2.32. The standard InChI is InChI=1S/C12H14O/c1-9-4-3-5-10(6-9)12(2)7-11(12)8-13/h3-6,8,11H,7H2,1-2H3. The van der Waals surface area contributed by atoms with Crippen LogP contribution in [-0.4, -0.2) is 6.29 Å². The van der Waals surface area contributed by atoms with Gasteiger partial charge in [0.2, 0.25) is 0 Å². The van der Waals surface area contributed by atoms with E-state index in [9.17, 15) is 4.79 Å². The van der Waals surface area contributed by atoms with E-state index in [0.29, 0.717) is 0 Å². The van der Waals surface area contributed by atoms with Crippen molar-refractivity contribution in [1.29, 1.82) is 0 Å². The largest absolute Gasteiger partial charge is 0.303 e. The molecule has 0 spiro atoms. The monoisotopic (exact) mass is 174 g/mol. The minimum atomic E-state index is 0.133. The molecule has 0 bridgehead atoms. The molecule has 0 heterocycles. The van der Waals surface area contributed by atoms with Crippen LogP contribution in [0.25, 0.3) is 0 Å². The maximum absolute atomic E-state index is 10.6. The fourth-order valence-corrected chi connectivity index (χ4v) is 1.93. The Kier molecular flexibility index (Phi) is 1.76. The second-order valence-corrected chi connectivity index (χ2v) is 4.23. The van der Waals surface area contributed by atoms with E-state index in [1.54, 1.807) is 0 Å². The predicted octanol–water partition coefficient (Wildman–Crippen LogP) is 2.47. The summed E-state index contributed by atoms with van der Waals surface area (Å²) in [4.78, 5) is 10.6. The molecule has 0 saturated heterocycles. The van der Waals surface area contributed by atoms with Crippen molar-refractivity contribution in [1.82, 2.24) is 0 Å². The third-order valence-electron chi connectivity index (χ3n) is 3.14. The number of aryl methyl sites for hydroxylation is 1. The van der Waals surface area contributed by atoms with Gasteiger partial charge in [0.05, 0.1) is 0 Å². The zero-order valence-corrected chi connectivity index (χ0v) is 8.08. The minimum absolute atomic E-state index is 0.133. The molecule has 2 rings (SSSR count). The highest BCUT2D eigenvalue weighted by atomic mass is 16.1. The van der Waals surface area contributed by atoms with Crippen LogP contribution in [0.3, 0.4) is 0 Å². The summed E-state index contributed by atoms with van der Waals surface area (Å²) in [6, 6.07) is 8.46. The van der Waals surface area contributed by atoms with Crippen LogP contribution in [0.15, 0.2) is 24.3 Å². The van der Waals surface area contributed by atoms with Crippen molar-refractivity contribution in [2.24, 2.45) is 5.92 Å². The normalized spacial score (nSPS) is 31.4. The summed E-state index contributed by atoms with van der Waals surface area (Å²) in [7, 11) is 0. The van der Waals surface area contributed by atoms with Crippen LogP contribution in [0.4, 0.5) is 0 Å². The second-order valence-electron chi connectivity index (χ2n) is 4.23. The molecular weight excluding hydrogens is 160 g/mol. The molecule has 1 aliphatic rings. The van der Waals surface area contributed by atoms with Crippen molar-refractivity contribution in [3.63, 3.8) is 0 Å². The molecular formula is C12H14O. The lowest BCUT2D eigenvalue weighted by molar-refractivity contribution is -0.109. The van der Waals surface area contributed by atoms with Gasteiger partial charge in [-0.2, -0.15) is 0 Å². The zero-order chi connectivity index (χ0) is 9.47. The van der Waals surface area contributed by atoms with Crippen LogP contribution in [0.5, 0.6) is 0 Å². The molecule has 1 nitrogen and oxygen atoms in total. The number of hydrogen-bond donors (Lipinski definition) is 0. The van der Waals surface area contributed by atoms with Gasteiger partial charge in [-0.05, 0) is 18.9 Å². The minimum Gasteiger partial charge on any atom is -0.303 e. The van der Waals surface area contributed by atoms with Gasteiger partial charge in [-0.25, -0.2) is 0 Å². The number of rotatable bonds is 2. The van der Waals surface area contributed by atoms with Gasteiger partial charge in [0.15, 0.2) is 0 Å². The molecule has 0 amide bonds. The van der Waals surface area contributed by atoms with Crippen LogP contribution < -0.4 is 0 Å². The Hall–Kier alpha value is -1.11. The molecule has 2 unspecified atom stereocenters. The number of aldehydes is 1. The van der Waals surface area contributed by atoms with Gasteiger partial charge in [0, 0.05) is 11.3 Å². The Morgan fingerprint density at radius 2 is 2.31 bits per heavy atom. The summed E-state index contributed by atoms with van der Waals surface area (Å²) < 4.78 is 0. The van der Waals surface area contributed by atoms with E-state index in [2.05, 4.69) is 38.1 Å². The average molecular weight is 174 g/mol. The highest BCUT2D eigenvalue weighted by Gasteiger charge is 2.50. The third-order valence-corrected chi connectivity index (χ3v) is 3.14. The van der Waals surface area contributed by atoms with Crippen molar-refractivity contribution < 1.29 is 4.79 Å². The SMILES string of the molecule is Cc1cccc(C2(C)CC2C=O)c1. The van der Waals surface area contributed by atoms with Gasteiger partial charge in [-0.1, -0.05) is 36.8 Å². The number of benzene rings is 1. The molecule has 1 aliphatic carbocycles. The Bertz CT molecular complexity index is 343. The summed E-state index contributed by atoms with van der Waals surface area (Å²) in [6.45, 7) is 4.26. The molecule has 0 aliphatic heterocycles. The average Bonchev–Trinajstić information content (AvgIpc) is 2.79. The van der Waals surface area contributed by atoms with Crippen molar-refractivity contribution in [2.75, 3.05) is 0 Å². The molecule has 1 saturated carbocycles. The van der Waals surface area contributed by atoms with Crippen LogP contribution >= 0.6 is 0 Å². The lowest BCUT2D eigenvalue weighted by Crippen LogP contribution is -2.04. The van der Waals surface area contributed by atoms with Crippen molar-refractivity contribution in [3.05, 3.63) is 35.4 Å². The summed E-state index contributed by atoms with van der Waals surface area (Å²) in [6.07, 6.45) is 2.10. The van der Waals surface area contributed by atoms with Crippen molar-refractivity contribution in [3.8, 4) is 0 Å². The van der Waals surface area contributed by atoms with Crippen LogP contribution in [-0.2, 0) is 10.2 Å². The fraction of sp³-hybridized carbons (Fsp3) is 0.417.